The first-order valence-corrected chi connectivity index (χ1v) is 6.96. The lowest BCUT2D eigenvalue weighted by Gasteiger charge is -2.30. The number of amides is 1. The van der Waals surface area contributed by atoms with Crippen LogP contribution in [0.2, 0.25) is 0 Å². The predicted molar refractivity (Wildman–Crippen MR) is 76.9 cm³/mol. The zero-order valence-corrected chi connectivity index (χ0v) is 11.9. The van der Waals surface area contributed by atoms with Gasteiger partial charge in [-0.3, -0.25) is 10.2 Å². The molecule has 1 aliphatic rings. The zero-order chi connectivity index (χ0) is 16.6. The first-order valence-electron chi connectivity index (χ1n) is 6.96. The maximum Gasteiger partial charge on any atom is 0.409 e. The van der Waals surface area contributed by atoms with Crippen molar-refractivity contribution in [1.82, 2.24) is 10.4 Å². The maximum absolute atomic E-state index is 13.7. The SMILES string of the molecule is N#Cc1ccc2ccccc2c1C(N1CCC(=O)N1)C(F)(F)F. The number of nitrogens with one attached hydrogen (secondary N) is 1. The number of nitriles is 1. The van der Waals surface area contributed by atoms with Crippen LogP contribution in [0.25, 0.3) is 10.8 Å². The minimum absolute atomic E-state index is 0.000761. The van der Waals surface area contributed by atoms with Gasteiger partial charge in [0.1, 0.15) is 0 Å². The lowest BCUT2D eigenvalue weighted by molar-refractivity contribution is -0.190. The van der Waals surface area contributed by atoms with Gasteiger partial charge in [-0.2, -0.15) is 18.4 Å². The van der Waals surface area contributed by atoms with E-state index in [1.165, 1.54) is 6.07 Å². The molecule has 1 aliphatic heterocycles. The Morgan fingerprint density at radius 2 is 1.96 bits per heavy atom. The smallest absolute Gasteiger partial charge is 0.288 e. The van der Waals surface area contributed by atoms with Gasteiger partial charge in [-0.15, -0.1) is 0 Å². The first-order chi connectivity index (χ1) is 10.9. The van der Waals surface area contributed by atoms with E-state index in [1.54, 1.807) is 30.3 Å². The van der Waals surface area contributed by atoms with E-state index in [4.69, 9.17) is 0 Å². The maximum atomic E-state index is 13.7. The van der Waals surface area contributed by atoms with Gasteiger partial charge >= 0.3 is 6.18 Å². The highest BCUT2D eigenvalue weighted by Crippen LogP contribution is 2.42. The summed E-state index contributed by atoms with van der Waals surface area (Å²) in [6, 6.07) is 9.37. The second kappa shape index (κ2) is 5.56. The average molecular weight is 319 g/mol. The fourth-order valence-corrected chi connectivity index (χ4v) is 2.87. The summed E-state index contributed by atoms with van der Waals surface area (Å²) < 4.78 is 41.2. The molecule has 0 bridgehead atoms. The predicted octanol–water partition coefficient (Wildman–Crippen LogP) is 3.05. The van der Waals surface area contributed by atoms with Crippen molar-refractivity contribution in [1.29, 1.82) is 5.26 Å². The number of hydrogen-bond donors (Lipinski definition) is 1. The number of carbonyl (C=O) groups is 1. The zero-order valence-electron chi connectivity index (χ0n) is 11.9. The third kappa shape index (κ3) is 2.73. The minimum atomic E-state index is -4.63. The van der Waals surface area contributed by atoms with Gasteiger partial charge in [0.15, 0.2) is 6.04 Å². The van der Waals surface area contributed by atoms with E-state index in [0.717, 1.165) is 5.01 Å². The van der Waals surface area contributed by atoms with Gasteiger partial charge in [0.05, 0.1) is 11.6 Å². The van der Waals surface area contributed by atoms with Crippen LogP contribution in [0.5, 0.6) is 0 Å². The molecule has 2 aromatic rings. The quantitative estimate of drug-likeness (QED) is 0.925. The number of hydrazine groups is 1. The molecule has 1 unspecified atom stereocenters. The topological polar surface area (TPSA) is 56.1 Å². The molecule has 1 saturated heterocycles. The van der Waals surface area contributed by atoms with Crippen LogP contribution in [-0.2, 0) is 4.79 Å². The molecule has 0 radical (unpaired) electrons. The summed E-state index contributed by atoms with van der Waals surface area (Å²) in [5, 5.41) is 11.1. The fourth-order valence-electron chi connectivity index (χ4n) is 2.87. The highest BCUT2D eigenvalue weighted by molar-refractivity contribution is 5.88. The van der Waals surface area contributed by atoms with Gasteiger partial charge in [0.25, 0.3) is 0 Å². The minimum Gasteiger partial charge on any atom is -0.288 e. The largest absolute Gasteiger partial charge is 0.409 e. The second-order valence-electron chi connectivity index (χ2n) is 5.28. The number of hydrogen-bond acceptors (Lipinski definition) is 3. The summed E-state index contributed by atoms with van der Waals surface area (Å²) in [7, 11) is 0. The van der Waals surface area contributed by atoms with Crippen molar-refractivity contribution in [3.63, 3.8) is 0 Å². The number of nitrogens with zero attached hydrogens (tertiary/aromatic N) is 2. The molecule has 1 heterocycles. The molecule has 0 aromatic heterocycles. The summed E-state index contributed by atoms with van der Waals surface area (Å²) in [4.78, 5) is 11.3. The van der Waals surface area contributed by atoms with Crippen molar-refractivity contribution in [2.45, 2.75) is 18.6 Å². The van der Waals surface area contributed by atoms with E-state index >= 15 is 0 Å². The normalized spacial score (nSPS) is 17.0. The number of fused-ring (bicyclic) bond motifs is 1. The number of alkyl halides is 3. The monoisotopic (exact) mass is 319 g/mol. The lowest BCUT2D eigenvalue weighted by atomic mass is 9.93. The van der Waals surface area contributed by atoms with Gasteiger partial charge in [-0.25, -0.2) is 5.01 Å². The van der Waals surface area contributed by atoms with Crippen molar-refractivity contribution >= 4 is 16.7 Å². The molecule has 1 N–H and O–H groups in total. The molecule has 2 aromatic carbocycles. The fraction of sp³-hybridized carbons (Fsp3) is 0.250. The molecule has 4 nitrogen and oxygen atoms in total. The van der Waals surface area contributed by atoms with Crippen molar-refractivity contribution in [2.24, 2.45) is 0 Å². The number of benzene rings is 2. The molecule has 1 atom stereocenters. The standard InChI is InChI=1S/C16H12F3N3O/c17-16(18,19)15(22-8-7-13(23)21-22)14-11(9-20)6-5-10-3-1-2-4-12(10)14/h1-6,15H,7-8H2,(H,21,23). The molecule has 0 spiro atoms. The van der Waals surface area contributed by atoms with Crippen molar-refractivity contribution < 1.29 is 18.0 Å². The van der Waals surface area contributed by atoms with E-state index in [9.17, 15) is 23.2 Å². The van der Waals surface area contributed by atoms with Crippen LogP contribution in [0.3, 0.4) is 0 Å². The average Bonchev–Trinajstić information content (AvgIpc) is 2.92. The Kier molecular flexibility index (Phi) is 3.70. The molecule has 23 heavy (non-hydrogen) atoms. The molecular formula is C16H12F3N3O. The highest BCUT2D eigenvalue weighted by Gasteiger charge is 2.48. The van der Waals surface area contributed by atoms with Gasteiger partial charge in [0.2, 0.25) is 5.91 Å². The van der Waals surface area contributed by atoms with E-state index in [-0.39, 0.29) is 24.1 Å². The van der Waals surface area contributed by atoms with E-state index in [2.05, 4.69) is 5.43 Å². The van der Waals surface area contributed by atoms with E-state index < -0.39 is 18.1 Å². The Balaban J connectivity index is 2.25. The Hall–Kier alpha value is -2.59. The molecular weight excluding hydrogens is 307 g/mol. The van der Waals surface area contributed by atoms with Crippen molar-refractivity contribution in [3.8, 4) is 6.07 Å². The summed E-state index contributed by atoms with van der Waals surface area (Å²) in [6.45, 7) is -0.0584. The Morgan fingerprint density at radius 3 is 2.57 bits per heavy atom. The molecule has 3 rings (SSSR count). The molecule has 1 fully saturated rings. The summed E-state index contributed by atoms with van der Waals surface area (Å²) in [6.07, 6.45) is -4.63. The summed E-state index contributed by atoms with van der Waals surface area (Å²) in [5.41, 5.74) is 2.07. The number of carbonyl (C=O) groups excluding carboxylic acids is 1. The Bertz CT molecular complexity index is 810. The molecule has 7 heteroatoms. The highest BCUT2D eigenvalue weighted by atomic mass is 19.4. The van der Waals surface area contributed by atoms with Crippen LogP contribution in [0.4, 0.5) is 13.2 Å². The lowest BCUT2D eigenvalue weighted by Crippen LogP contribution is -2.44. The van der Waals surface area contributed by atoms with Gasteiger partial charge < -0.3 is 0 Å². The third-order valence-corrected chi connectivity index (χ3v) is 3.83. The summed E-state index contributed by atoms with van der Waals surface area (Å²) in [5.74, 6) is -0.460. The number of rotatable bonds is 2. The molecule has 118 valence electrons. The van der Waals surface area contributed by atoms with Gasteiger partial charge in [-0.05, 0) is 16.8 Å². The van der Waals surface area contributed by atoms with Crippen LogP contribution in [0.15, 0.2) is 36.4 Å². The first kappa shape index (κ1) is 15.3. The molecule has 0 aliphatic carbocycles. The van der Waals surface area contributed by atoms with Crippen molar-refractivity contribution in [3.05, 3.63) is 47.5 Å². The van der Waals surface area contributed by atoms with E-state index in [0.29, 0.717) is 10.8 Å². The van der Waals surface area contributed by atoms with Crippen LogP contribution in [0.1, 0.15) is 23.6 Å². The van der Waals surface area contributed by atoms with Crippen molar-refractivity contribution in [2.75, 3.05) is 6.54 Å². The summed E-state index contributed by atoms with van der Waals surface area (Å²) >= 11 is 0. The number of halogens is 3. The van der Waals surface area contributed by atoms with Crippen LogP contribution in [-0.4, -0.2) is 23.6 Å². The Labute approximate surface area is 130 Å². The molecule has 1 amide bonds. The van der Waals surface area contributed by atoms with Gasteiger partial charge in [0, 0.05) is 18.5 Å². The molecule has 0 saturated carbocycles. The van der Waals surface area contributed by atoms with Crippen LogP contribution in [0, 0.1) is 11.3 Å². The Morgan fingerprint density at radius 1 is 1.22 bits per heavy atom. The van der Waals surface area contributed by atoms with Gasteiger partial charge in [-0.1, -0.05) is 30.3 Å². The third-order valence-electron chi connectivity index (χ3n) is 3.83. The van der Waals surface area contributed by atoms with Crippen LogP contribution >= 0.6 is 0 Å². The van der Waals surface area contributed by atoms with E-state index in [1.807, 2.05) is 6.07 Å². The second-order valence-corrected chi connectivity index (χ2v) is 5.28. The van der Waals surface area contributed by atoms with Crippen LogP contribution < -0.4 is 5.43 Å².